The Bertz CT molecular complexity index is 1170. The maximum absolute atomic E-state index is 13.1. The molecule has 1 amide bonds. The standard InChI is InChI=1S/C25H22N2O2/c1-3-17-11-13-19(14-12-17)26-25(28)22-16-24(18-7-6-8-20(15-18)29-2)27-23-10-5-4-9-21(22)23/h4-16H,3H2,1-2H3,(H,26,28). The Balaban J connectivity index is 1.76. The number of ether oxygens (including phenoxy) is 1. The summed E-state index contributed by atoms with van der Waals surface area (Å²) in [7, 11) is 1.63. The quantitative estimate of drug-likeness (QED) is 0.480. The number of benzene rings is 3. The highest BCUT2D eigenvalue weighted by Crippen LogP contribution is 2.27. The summed E-state index contributed by atoms with van der Waals surface area (Å²) in [6, 6.07) is 25.1. The van der Waals surface area contributed by atoms with Gasteiger partial charge < -0.3 is 10.1 Å². The molecule has 0 atom stereocenters. The average molecular weight is 382 g/mol. The molecule has 0 bridgehead atoms. The first kappa shape index (κ1) is 18.7. The highest BCUT2D eigenvalue weighted by Gasteiger charge is 2.14. The van der Waals surface area contributed by atoms with Crippen LogP contribution in [0.4, 0.5) is 5.69 Å². The molecule has 4 nitrogen and oxygen atoms in total. The van der Waals surface area contributed by atoms with E-state index in [1.165, 1.54) is 5.56 Å². The molecule has 3 aromatic carbocycles. The number of nitrogens with one attached hydrogen (secondary N) is 1. The maximum atomic E-state index is 13.1. The van der Waals surface area contributed by atoms with Gasteiger partial charge in [-0.2, -0.15) is 0 Å². The van der Waals surface area contributed by atoms with Crippen LogP contribution >= 0.6 is 0 Å². The summed E-state index contributed by atoms with van der Waals surface area (Å²) < 4.78 is 5.33. The molecule has 4 aromatic rings. The fourth-order valence-electron chi connectivity index (χ4n) is 3.32. The first-order valence-electron chi connectivity index (χ1n) is 9.62. The van der Waals surface area contributed by atoms with E-state index in [-0.39, 0.29) is 5.91 Å². The summed E-state index contributed by atoms with van der Waals surface area (Å²) in [6.45, 7) is 2.11. The number of rotatable bonds is 5. The van der Waals surface area contributed by atoms with Crippen LogP contribution < -0.4 is 10.1 Å². The minimum absolute atomic E-state index is 0.156. The number of aromatic nitrogens is 1. The number of carbonyl (C=O) groups is 1. The van der Waals surface area contributed by atoms with Gasteiger partial charge in [0.15, 0.2) is 0 Å². The molecule has 29 heavy (non-hydrogen) atoms. The molecule has 0 spiro atoms. The fraction of sp³-hybridized carbons (Fsp3) is 0.120. The van der Waals surface area contributed by atoms with Crippen molar-refractivity contribution in [3.63, 3.8) is 0 Å². The number of hydrogen-bond donors (Lipinski definition) is 1. The summed E-state index contributed by atoms with van der Waals surface area (Å²) in [6.07, 6.45) is 0.965. The van der Waals surface area contributed by atoms with Gasteiger partial charge >= 0.3 is 0 Å². The van der Waals surface area contributed by atoms with E-state index in [2.05, 4.69) is 12.2 Å². The van der Waals surface area contributed by atoms with Gasteiger partial charge in [-0.15, -0.1) is 0 Å². The molecule has 144 valence electrons. The van der Waals surface area contributed by atoms with Gasteiger partial charge in [-0.3, -0.25) is 4.79 Å². The van der Waals surface area contributed by atoms with Crippen LogP contribution in [0.15, 0.2) is 78.9 Å². The molecule has 4 rings (SSSR count). The van der Waals surface area contributed by atoms with E-state index in [0.717, 1.165) is 40.0 Å². The topological polar surface area (TPSA) is 51.2 Å². The van der Waals surface area contributed by atoms with Crippen LogP contribution in [-0.2, 0) is 6.42 Å². The third kappa shape index (κ3) is 3.97. The average Bonchev–Trinajstić information content (AvgIpc) is 2.78. The summed E-state index contributed by atoms with van der Waals surface area (Å²) in [4.78, 5) is 17.9. The maximum Gasteiger partial charge on any atom is 0.256 e. The van der Waals surface area contributed by atoms with Gasteiger partial charge in [0.2, 0.25) is 0 Å². The van der Waals surface area contributed by atoms with Gasteiger partial charge in [0.1, 0.15) is 5.75 Å². The Morgan fingerprint density at radius 1 is 0.966 bits per heavy atom. The van der Waals surface area contributed by atoms with Crippen LogP contribution in [0, 0.1) is 0 Å². The third-order valence-electron chi connectivity index (χ3n) is 4.95. The van der Waals surface area contributed by atoms with E-state index < -0.39 is 0 Å². The number of para-hydroxylation sites is 1. The lowest BCUT2D eigenvalue weighted by atomic mass is 10.0. The van der Waals surface area contributed by atoms with Gasteiger partial charge in [0, 0.05) is 16.6 Å². The first-order chi connectivity index (χ1) is 14.2. The number of hydrogen-bond acceptors (Lipinski definition) is 3. The van der Waals surface area contributed by atoms with E-state index in [4.69, 9.17) is 9.72 Å². The molecule has 1 heterocycles. The largest absolute Gasteiger partial charge is 0.497 e. The van der Waals surface area contributed by atoms with Crippen LogP contribution in [0.2, 0.25) is 0 Å². The van der Waals surface area contributed by atoms with Crippen LogP contribution in [-0.4, -0.2) is 18.0 Å². The van der Waals surface area contributed by atoms with Crippen LogP contribution in [0.5, 0.6) is 5.75 Å². The van der Waals surface area contributed by atoms with Crippen molar-refractivity contribution in [2.75, 3.05) is 12.4 Å². The van der Waals surface area contributed by atoms with Crippen LogP contribution in [0.25, 0.3) is 22.2 Å². The van der Waals surface area contributed by atoms with Gasteiger partial charge in [0.05, 0.1) is 23.9 Å². The number of carbonyl (C=O) groups excluding carboxylic acids is 1. The predicted octanol–water partition coefficient (Wildman–Crippen LogP) is 5.73. The monoisotopic (exact) mass is 382 g/mol. The summed E-state index contributed by atoms with van der Waals surface area (Å²) in [5.74, 6) is 0.594. The fourth-order valence-corrected chi connectivity index (χ4v) is 3.32. The second kappa shape index (κ2) is 8.15. The van der Waals surface area contributed by atoms with E-state index in [1.807, 2.05) is 78.9 Å². The van der Waals surface area contributed by atoms with Crippen molar-refractivity contribution >= 4 is 22.5 Å². The van der Waals surface area contributed by atoms with Crippen molar-refractivity contribution in [2.24, 2.45) is 0 Å². The Morgan fingerprint density at radius 2 is 1.76 bits per heavy atom. The normalized spacial score (nSPS) is 10.7. The number of fused-ring (bicyclic) bond motifs is 1. The zero-order valence-corrected chi connectivity index (χ0v) is 16.5. The second-order valence-electron chi connectivity index (χ2n) is 6.81. The molecule has 0 unspecified atom stereocenters. The number of methoxy groups -OCH3 is 1. The number of aryl methyl sites for hydroxylation is 1. The molecule has 0 saturated heterocycles. The summed E-state index contributed by atoms with van der Waals surface area (Å²) in [5.41, 5.74) is 5.01. The lowest BCUT2D eigenvalue weighted by Crippen LogP contribution is -2.13. The molecule has 0 aliphatic heterocycles. The lowest BCUT2D eigenvalue weighted by Gasteiger charge is -2.11. The van der Waals surface area contributed by atoms with E-state index in [0.29, 0.717) is 5.56 Å². The predicted molar refractivity (Wildman–Crippen MR) is 118 cm³/mol. The van der Waals surface area contributed by atoms with Gasteiger partial charge in [-0.05, 0) is 48.4 Å². The minimum atomic E-state index is -0.156. The smallest absolute Gasteiger partial charge is 0.256 e. The van der Waals surface area contributed by atoms with Gasteiger partial charge in [0.25, 0.3) is 5.91 Å². The molecule has 1 N–H and O–H groups in total. The highest BCUT2D eigenvalue weighted by molar-refractivity contribution is 6.13. The van der Waals surface area contributed by atoms with Crippen molar-refractivity contribution in [1.82, 2.24) is 4.98 Å². The Kier molecular flexibility index (Phi) is 5.25. The van der Waals surface area contributed by atoms with Gasteiger partial charge in [-0.1, -0.05) is 49.4 Å². The van der Waals surface area contributed by atoms with Crippen molar-refractivity contribution in [3.05, 3.63) is 90.0 Å². The van der Waals surface area contributed by atoms with Gasteiger partial charge in [-0.25, -0.2) is 4.98 Å². The minimum Gasteiger partial charge on any atom is -0.497 e. The SMILES string of the molecule is CCc1ccc(NC(=O)c2cc(-c3cccc(OC)c3)nc3ccccc23)cc1. The molecular formula is C25H22N2O2. The summed E-state index contributed by atoms with van der Waals surface area (Å²) in [5, 5.41) is 3.83. The van der Waals surface area contributed by atoms with Crippen molar-refractivity contribution in [1.29, 1.82) is 0 Å². The Labute approximate surface area is 170 Å². The zero-order valence-electron chi connectivity index (χ0n) is 16.5. The van der Waals surface area contributed by atoms with E-state index in [9.17, 15) is 4.79 Å². The molecule has 4 heteroatoms. The number of anilines is 1. The Hall–Kier alpha value is -3.66. The molecule has 0 radical (unpaired) electrons. The molecule has 0 aliphatic carbocycles. The van der Waals surface area contributed by atoms with E-state index >= 15 is 0 Å². The first-order valence-corrected chi connectivity index (χ1v) is 9.62. The highest BCUT2D eigenvalue weighted by atomic mass is 16.5. The lowest BCUT2D eigenvalue weighted by molar-refractivity contribution is 0.102. The molecule has 1 aromatic heterocycles. The van der Waals surface area contributed by atoms with E-state index in [1.54, 1.807) is 7.11 Å². The number of amides is 1. The molecule has 0 aliphatic rings. The van der Waals surface area contributed by atoms with Crippen molar-refractivity contribution < 1.29 is 9.53 Å². The molecule has 0 saturated carbocycles. The van der Waals surface area contributed by atoms with Crippen LogP contribution in [0.3, 0.4) is 0 Å². The zero-order chi connectivity index (χ0) is 20.2. The second-order valence-corrected chi connectivity index (χ2v) is 6.81. The van der Waals surface area contributed by atoms with Crippen molar-refractivity contribution in [3.8, 4) is 17.0 Å². The number of pyridine rings is 1. The third-order valence-corrected chi connectivity index (χ3v) is 4.95. The summed E-state index contributed by atoms with van der Waals surface area (Å²) >= 11 is 0. The molecular weight excluding hydrogens is 360 g/mol. The van der Waals surface area contributed by atoms with Crippen molar-refractivity contribution in [2.45, 2.75) is 13.3 Å². The molecule has 0 fully saturated rings. The van der Waals surface area contributed by atoms with Crippen LogP contribution in [0.1, 0.15) is 22.8 Å². The Morgan fingerprint density at radius 3 is 2.52 bits per heavy atom. The number of nitrogens with zero attached hydrogens (tertiary/aromatic N) is 1.